The Labute approximate surface area is 145 Å². The lowest BCUT2D eigenvalue weighted by molar-refractivity contribution is 0.0722. The number of hydrogen-bond acceptors (Lipinski definition) is 5. The topological polar surface area (TPSA) is 61.4 Å². The van der Waals surface area contributed by atoms with Crippen LogP contribution in [0.3, 0.4) is 0 Å². The summed E-state index contributed by atoms with van der Waals surface area (Å²) in [4.78, 5) is 4.32. The van der Waals surface area contributed by atoms with E-state index in [4.69, 9.17) is 0 Å². The molecule has 2 aromatic heterocycles. The third-order valence-corrected chi connectivity index (χ3v) is 4.55. The van der Waals surface area contributed by atoms with Crippen molar-refractivity contribution in [3.05, 3.63) is 60.4 Å². The van der Waals surface area contributed by atoms with Gasteiger partial charge in [0.2, 0.25) is 5.16 Å². The highest BCUT2D eigenvalue weighted by Gasteiger charge is 2.19. The minimum absolute atomic E-state index is 0.228. The SMILES string of the molecule is FC(F)n1c(CSc2nnnn2-c2ccccc2)nc2ccccc21. The summed E-state index contributed by atoms with van der Waals surface area (Å²) >= 11 is 1.26. The molecular weight excluding hydrogens is 346 g/mol. The molecule has 126 valence electrons. The Morgan fingerprint density at radius 1 is 1.00 bits per heavy atom. The zero-order chi connectivity index (χ0) is 17.2. The Hall–Kier alpha value is -2.81. The third kappa shape index (κ3) is 2.98. The normalized spacial score (nSPS) is 11.5. The van der Waals surface area contributed by atoms with Gasteiger partial charge in [-0.3, -0.25) is 4.57 Å². The second kappa shape index (κ2) is 6.60. The largest absolute Gasteiger partial charge is 0.320 e. The van der Waals surface area contributed by atoms with Crippen LogP contribution < -0.4 is 0 Å². The van der Waals surface area contributed by atoms with Gasteiger partial charge >= 0.3 is 6.55 Å². The van der Waals surface area contributed by atoms with Gasteiger partial charge in [-0.15, -0.1) is 5.10 Å². The number of aromatic nitrogens is 6. The molecule has 0 N–H and O–H groups in total. The number of para-hydroxylation sites is 3. The summed E-state index contributed by atoms with van der Waals surface area (Å²) in [5, 5.41) is 12.1. The molecule has 0 aliphatic carbocycles. The minimum Gasteiger partial charge on any atom is -0.269 e. The fraction of sp³-hybridized carbons (Fsp3) is 0.125. The molecule has 0 fully saturated rings. The van der Waals surface area contributed by atoms with Gasteiger partial charge in [-0.1, -0.05) is 42.1 Å². The highest BCUT2D eigenvalue weighted by atomic mass is 32.2. The quantitative estimate of drug-likeness (QED) is 0.509. The zero-order valence-electron chi connectivity index (χ0n) is 12.8. The van der Waals surface area contributed by atoms with Crippen LogP contribution in [0.4, 0.5) is 8.78 Å². The Kier molecular flexibility index (Phi) is 4.14. The van der Waals surface area contributed by atoms with Crippen LogP contribution in [0.2, 0.25) is 0 Å². The number of hydrogen-bond donors (Lipinski definition) is 0. The third-order valence-electron chi connectivity index (χ3n) is 3.64. The van der Waals surface area contributed by atoms with Gasteiger partial charge in [0, 0.05) is 0 Å². The average molecular weight is 358 g/mol. The maximum absolute atomic E-state index is 13.5. The molecule has 0 aliphatic heterocycles. The molecule has 2 aromatic carbocycles. The lowest BCUT2D eigenvalue weighted by Gasteiger charge is -2.07. The van der Waals surface area contributed by atoms with Crippen LogP contribution in [0.25, 0.3) is 16.7 Å². The first-order valence-corrected chi connectivity index (χ1v) is 8.43. The number of thioether (sulfide) groups is 1. The second-order valence-corrected chi connectivity index (χ2v) is 6.10. The maximum atomic E-state index is 13.5. The van der Waals surface area contributed by atoms with Crippen molar-refractivity contribution < 1.29 is 8.78 Å². The molecule has 25 heavy (non-hydrogen) atoms. The summed E-state index contributed by atoms with van der Waals surface area (Å²) in [7, 11) is 0. The number of benzene rings is 2. The number of halogens is 2. The highest BCUT2D eigenvalue weighted by Crippen LogP contribution is 2.28. The van der Waals surface area contributed by atoms with E-state index >= 15 is 0 Å². The van der Waals surface area contributed by atoms with E-state index in [2.05, 4.69) is 20.5 Å². The molecule has 6 nitrogen and oxygen atoms in total. The Bertz CT molecular complexity index is 998. The molecule has 0 bridgehead atoms. The molecule has 0 atom stereocenters. The van der Waals surface area contributed by atoms with Gasteiger partial charge in [0.05, 0.1) is 22.5 Å². The van der Waals surface area contributed by atoms with Crippen molar-refractivity contribution in [1.82, 2.24) is 29.8 Å². The summed E-state index contributed by atoms with van der Waals surface area (Å²) in [5.74, 6) is 0.510. The molecule has 0 unspecified atom stereocenters. The fourth-order valence-corrected chi connectivity index (χ4v) is 3.36. The number of imidazole rings is 1. The summed E-state index contributed by atoms with van der Waals surface area (Å²) < 4.78 is 29.5. The predicted octanol–water partition coefficient (Wildman–Crippen LogP) is 3.70. The van der Waals surface area contributed by atoms with Gasteiger partial charge in [0.1, 0.15) is 5.82 Å². The van der Waals surface area contributed by atoms with Gasteiger partial charge in [0.25, 0.3) is 0 Å². The fourth-order valence-electron chi connectivity index (χ4n) is 2.54. The van der Waals surface area contributed by atoms with Crippen LogP contribution in [0.1, 0.15) is 12.4 Å². The van der Waals surface area contributed by atoms with Crippen molar-refractivity contribution in [2.24, 2.45) is 0 Å². The first-order valence-electron chi connectivity index (χ1n) is 7.44. The van der Waals surface area contributed by atoms with Crippen molar-refractivity contribution in [2.75, 3.05) is 0 Å². The maximum Gasteiger partial charge on any atom is 0.320 e. The predicted molar refractivity (Wildman–Crippen MR) is 89.7 cm³/mol. The molecule has 0 aliphatic rings. The van der Waals surface area contributed by atoms with Crippen molar-refractivity contribution in [2.45, 2.75) is 17.5 Å². The van der Waals surface area contributed by atoms with Crippen molar-refractivity contribution in [1.29, 1.82) is 0 Å². The number of fused-ring (bicyclic) bond motifs is 1. The van der Waals surface area contributed by atoms with Crippen LogP contribution in [-0.2, 0) is 5.75 Å². The number of tetrazole rings is 1. The monoisotopic (exact) mass is 358 g/mol. The molecule has 0 saturated heterocycles. The molecule has 0 amide bonds. The molecule has 4 aromatic rings. The molecule has 4 rings (SSSR count). The van der Waals surface area contributed by atoms with Crippen LogP contribution in [0.15, 0.2) is 59.8 Å². The first-order chi connectivity index (χ1) is 12.2. The van der Waals surface area contributed by atoms with Crippen molar-refractivity contribution >= 4 is 22.8 Å². The molecule has 0 radical (unpaired) electrons. The van der Waals surface area contributed by atoms with Gasteiger partial charge < -0.3 is 0 Å². The Balaban J connectivity index is 1.64. The standard InChI is InChI=1S/C16H12F2N6S/c17-15(18)23-13-9-5-4-8-12(13)19-14(23)10-25-16-20-21-22-24(16)11-6-2-1-3-7-11/h1-9,15H,10H2. The smallest absolute Gasteiger partial charge is 0.269 e. The van der Waals surface area contributed by atoms with Crippen molar-refractivity contribution in [3.63, 3.8) is 0 Å². The Morgan fingerprint density at radius 2 is 1.76 bits per heavy atom. The number of alkyl halides is 2. The van der Waals surface area contributed by atoms with E-state index in [1.165, 1.54) is 11.8 Å². The molecule has 9 heteroatoms. The van der Waals surface area contributed by atoms with Gasteiger partial charge in [-0.25, -0.2) is 4.98 Å². The van der Waals surface area contributed by atoms with Crippen LogP contribution >= 0.6 is 11.8 Å². The van der Waals surface area contributed by atoms with E-state index in [-0.39, 0.29) is 11.6 Å². The highest BCUT2D eigenvalue weighted by molar-refractivity contribution is 7.98. The zero-order valence-corrected chi connectivity index (χ0v) is 13.6. The second-order valence-electron chi connectivity index (χ2n) is 5.16. The lowest BCUT2D eigenvalue weighted by Crippen LogP contribution is -2.04. The van der Waals surface area contributed by atoms with E-state index in [9.17, 15) is 8.78 Å². The van der Waals surface area contributed by atoms with Crippen LogP contribution in [0.5, 0.6) is 0 Å². The summed E-state index contributed by atoms with van der Waals surface area (Å²) in [6, 6.07) is 16.2. The van der Waals surface area contributed by atoms with E-state index in [1.54, 1.807) is 28.9 Å². The summed E-state index contributed by atoms with van der Waals surface area (Å²) in [6.45, 7) is -2.66. The van der Waals surface area contributed by atoms with Gasteiger partial charge in [-0.2, -0.15) is 13.5 Å². The first kappa shape index (κ1) is 15.7. The minimum atomic E-state index is -2.66. The van der Waals surface area contributed by atoms with E-state index < -0.39 is 6.55 Å². The Morgan fingerprint density at radius 3 is 2.56 bits per heavy atom. The average Bonchev–Trinajstić information content (AvgIpc) is 3.24. The van der Waals surface area contributed by atoms with Gasteiger partial charge in [0.15, 0.2) is 0 Å². The van der Waals surface area contributed by atoms with E-state index in [0.717, 1.165) is 10.3 Å². The van der Waals surface area contributed by atoms with Gasteiger partial charge in [-0.05, 0) is 34.7 Å². The number of rotatable bonds is 5. The molecular formula is C16H12F2N6S. The molecule has 0 spiro atoms. The molecule has 2 heterocycles. The lowest BCUT2D eigenvalue weighted by atomic mass is 10.3. The molecule has 0 saturated carbocycles. The van der Waals surface area contributed by atoms with E-state index in [1.807, 2.05) is 30.3 Å². The van der Waals surface area contributed by atoms with Crippen molar-refractivity contribution in [3.8, 4) is 5.69 Å². The summed E-state index contributed by atoms with van der Waals surface area (Å²) in [6.07, 6.45) is 0. The summed E-state index contributed by atoms with van der Waals surface area (Å²) in [5.41, 5.74) is 1.76. The van der Waals surface area contributed by atoms with E-state index in [0.29, 0.717) is 16.2 Å². The number of nitrogens with zero attached hydrogens (tertiary/aromatic N) is 6. The van der Waals surface area contributed by atoms with Crippen LogP contribution in [-0.4, -0.2) is 29.8 Å². The van der Waals surface area contributed by atoms with Crippen LogP contribution in [0, 0.1) is 0 Å².